The second-order valence-electron chi connectivity index (χ2n) is 8.08. The number of aryl methyl sites for hydroxylation is 1. The van der Waals surface area contributed by atoms with E-state index in [1.807, 2.05) is 12.1 Å². The molecule has 0 bridgehead atoms. The topological polar surface area (TPSA) is 59.4 Å². The van der Waals surface area contributed by atoms with Crippen molar-refractivity contribution in [1.82, 2.24) is 9.97 Å². The molecule has 0 saturated carbocycles. The molecule has 6 heteroatoms. The van der Waals surface area contributed by atoms with Crippen molar-refractivity contribution in [3.8, 4) is 5.75 Å². The molecule has 148 valence electrons. The van der Waals surface area contributed by atoms with Gasteiger partial charge in [0.1, 0.15) is 23.2 Å². The molecule has 0 fully saturated rings. The monoisotopic (exact) mass is 398 g/mol. The number of thiophene rings is 1. The highest BCUT2D eigenvalue weighted by atomic mass is 32.1. The van der Waals surface area contributed by atoms with E-state index in [4.69, 9.17) is 9.72 Å². The van der Waals surface area contributed by atoms with E-state index < -0.39 is 0 Å². The van der Waals surface area contributed by atoms with Crippen molar-refractivity contribution in [2.45, 2.75) is 45.7 Å². The molecule has 0 saturated heterocycles. The van der Waals surface area contributed by atoms with Gasteiger partial charge in [-0.05, 0) is 49.8 Å². The molecule has 3 atom stereocenters. The number of ether oxygens (including phenoxy) is 1. The minimum absolute atomic E-state index is 0.0214. The van der Waals surface area contributed by atoms with Crippen LogP contribution in [-0.4, -0.2) is 24.1 Å². The molecular weight excluding hydrogens is 370 g/mol. The lowest BCUT2D eigenvalue weighted by Crippen LogP contribution is -3.07. The zero-order valence-electron chi connectivity index (χ0n) is 17.0. The van der Waals surface area contributed by atoms with Crippen molar-refractivity contribution >= 4 is 21.6 Å². The van der Waals surface area contributed by atoms with Crippen LogP contribution in [0, 0.1) is 5.92 Å². The van der Waals surface area contributed by atoms with E-state index in [9.17, 15) is 4.79 Å². The molecule has 0 radical (unpaired) electrons. The van der Waals surface area contributed by atoms with Crippen LogP contribution in [0.3, 0.4) is 0 Å². The van der Waals surface area contributed by atoms with Gasteiger partial charge in [0, 0.05) is 10.4 Å². The summed E-state index contributed by atoms with van der Waals surface area (Å²) in [7, 11) is 3.82. The Kier molecular flexibility index (Phi) is 5.25. The average molecular weight is 399 g/mol. The van der Waals surface area contributed by atoms with Crippen LogP contribution in [0.4, 0.5) is 0 Å². The SMILES string of the molecule is COc1cccc(C[NH+](C)[C@@H](C)c2nc3sc4c(c3c(=O)[nH]2)CC[C@@H](C)C4)c1. The highest BCUT2D eigenvalue weighted by Crippen LogP contribution is 2.35. The Labute approximate surface area is 169 Å². The maximum absolute atomic E-state index is 12.9. The van der Waals surface area contributed by atoms with Gasteiger partial charge in [-0.15, -0.1) is 11.3 Å². The molecule has 1 aliphatic rings. The van der Waals surface area contributed by atoms with E-state index in [1.165, 1.54) is 20.9 Å². The normalized spacial score (nSPS) is 18.6. The summed E-state index contributed by atoms with van der Waals surface area (Å²) in [5.74, 6) is 2.32. The Bertz CT molecular complexity index is 1060. The molecule has 5 nitrogen and oxygen atoms in total. The predicted molar refractivity (Wildman–Crippen MR) is 113 cm³/mol. The van der Waals surface area contributed by atoms with E-state index in [1.54, 1.807) is 18.4 Å². The van der Waals surface area contributed by atoms with Crippen molar-refractivity contribution in [3.63, 3.8) is 0 Å². The lowest BCUT2D eigenvalue weighted by Gasteiger charge is -2.21. The summed E-state index contributed by atoms with van der Waals surface area (Å²) in [6.45, 7) is 5.24. The molecule has 1 unspecified atom stereocenters. The fraction of sp³-hybridized carbons (Fsp3) is 0.455. The van der Waals surface area contributed by atoms with Crippen LogP contribution in [-0.2, 0) is 19.4 Å². The summed E-state index contributed by atoms with van der Waals surface area (Å²) in [5, 5.41) is 0.827. The van der Waals surface area contributed by atoms with Crippen molar-refractivity contribution < 1.29 is 9.64 Å². The Hall–Kier alpha value is -2.18. The lowest BCUT2D eigenvalue weighted by atomic mass is 9.89. The highest BCUT2D eigenvalue weighted by Gasteiger charge is 2.25. The van der Waals surface area contributed by atoms with Gasteiger partial charge in [0.25, 0.3) is 5.56 Å². The van der Waals surface area contributed by atoms with Gasteiger partial charge in [-0.3, -0.25) is 4.79 Å². The fourth-order valence-electron chi connectivity index (χ4n) is 4.06. The second-order valence-corrected chi connectivity index (χ2v) is 9.16. The van der Waals surface area contributed by atoms with Crippen molar-refractivity contribution in [2.75, 3.05) is 14.2 Å². The zero-order chi connectivity index (χ0) is 19.8. The van der Waals surface area contributed by atoms with Crippen molar-refractivity contribution in [2.24, 2.45) is 5.92 Å². The molecule has 3 aromatic rings. The Balaban J connectivity index is 1.62. The number of aromatic amines is 1. The van der Waals surface area contributed by atoms with E-state index in [0.29, 0.717) is 5.92 Å². The largest absolute Gasteiger partial charge is 0.497 e. The third-order valence-electron chi connectivity index (χ3n) is 5.95. The first kappa shape index (κ1) is 19.2. The van der Waals surface area contributed by atoms with Gasteiger partial charge in [0.2, 0.25) is 0 Å². The molecule has 0 aliphatic heterocycles. The third kappa shape index (κ3) is 3.59. The van der Waals surface area contributed by atoms with E-state index >= 15 is 0 Å². The smallest absolute Gasteiger partial charge is 0.260 e. The number of nitrogens with one attached hydrogen (secondary N) is 2. The second kappa shape index (κ2) is 7.68. The molecule has 2 heterocycles. The van der Waals surface area contributed by atoms with Crippen LogP contribution in [0.15, 0.2) is 29.1 Å². The molecular formula is C22H28N3O2S+. The Morgan fingerprint density at radius 3 is 3.04 bits per heavy atom. The number of H-pyrrole nitrogens is 1. The van der Waals surface area contributed by atoms with Crippen LogP contribution in [0.1, 0.15) is 48.1 Å². The summed E-state index contributed by atoms with van der Waals surface area (Å²) < 4.78 is 5.33. The fourth-order valence-corrected chi connectivity index (χ4v) is 5.45. The number of aromatic nitrogens is 2. The number of quaternary nitrogens is 1. The van der Waals surface area contributed by atoms with Gasteiger partial charge in [-0.2, -0.15) is 0 Å². The quantitative estimate of drug-likeness (QED) is 0.695. The average Bonchev–Trinajstić information content (AvgIpc) is 3.05. The number of fused-ring (bicyclic) bond motifs is 3. The first-order valence-corrected chi connectivity index (χ1v) is 10.8. The van der Waals surface area contributed by atoms with Crippen LogP contribution in [0.25, 0.3) is 10.2 Å². The molecule has 1 aliphatic carbocycles. The standard InChI is InChI=1S/C22H27N3O2S/c1-13-8-9-17-18(10-13)28-22-19(17)21(26)23-20(24-22)14(2)25(3)12-15-6-5-7-16(11-15)27-4/h5-7,11,13-14H,8-10,12H2,1-4H3,(H,23,24,26)/p+1/t13-,14+/m1/s1. The first-order valence-electron chi connectivity index (χ1n) is 9.96. The molecule has 0 amide bonds. The molecule has 2 aromatic heterocycles. The van der Waals surface area contributed by atoms with E-state index in [-0.39, 0.29) is 11.6 Å². The van der Waals surface area contributed by atoms with Crippen LogP contribution >= 0.6 is 11.3 Å². The summed E-state index contributed by atoms with van der Waals surface area (Å²) in [5.41, 5.74) is 2.46. The molecule has 1 aromatic carbocycles. The third-order valence-corrected chi connectivity index (χ3v) is 7.10. The number of benzene rings is 1. The van der Waals surface area contributed by atoms with Gasteiger partial charge in [-0.25, -0.2) is 4.98 Å². The van der Waals surface area contributed by atoms with Gasteiger partial charge >= 0.3 is 0 Å². The minimum atomic E-state index is 0.0214. The van der Waals surface area contributed by atoms with E-state index in [2.05, 4.69) is 38.0 Å². The summed E-state index contributed by atoms with van der Waals surface area (Å²) in [6.07, 6.45) is 3.22. The highest BCUT2D eigenvalue weighted by molar-refractivity contribution is 7.18. The van der Waals surface area contributed by atoms with Crippen molar-refractivity contribution in [3.05, 3.63) is 56.4 Å². The van der Waals surface area contributed by atoms with Crippen LogP contribution in [0.5, 0.6) is 5.75 Å². The van der Waals surface area contributed by atoms with Gasteiger partial charge in [-0.1, -0.05) is 19.1 Å². The molecule has 0 spiro atoms. The van der Waals surface area contributed by atoms with E-state index in [0.717, 1.165) is 47.6 Å². The van der Waals surface area contributed by atoms with Gasteiger partial charge in [0.05, 0.1) is 19.5 Å². The maximum atomic E-state index is 12.9. The van der Waals surface area contributed by atoms with Gasteiger partial charge < -0.3 is 14.6 Å². The van der Waals surface area contributed by atoms with Crippen LogP contribution in [0.2, 0.25) is 0 Å². The summed E-state index contributed by atoms with van der Waals surface area (Å²) >= 11 is 1.71. The Morgan fingerprint density at radius 1 is 1.43 bits per heavy atom. The first-order chi connectivity index (χ1) is 13.5. The van der Waals surface area contributed by atoms with Crippen LogP contribution < -0.4 is 15.2 Å². The number of nitrogens with zero attached hydrogens (tertiary/aromatic N) is 1. The molecule has 4 rings (SSSR count). The number of methoxy groups -OCH3 is 1. The predicted octanol–water partition coefficient (Wildman–Crippen LogP) is 2.89. The summed E-state index contributed by atoms with van der Waals surface area (Å²) in [4.78, 5) is 24.4. The number of hydrogen-bond donors (Lipinski definition) is 2. The molecule has 2 N–H and O–H groups in total. The van der Waals surface area contributed by atoms with Crippen molar-refractivity contribution in [1.29, 1.82) is 0 Å². The lowest BCUT2D eigenvalue weighted by molar-refractivity contribution is -0.924. The zero-order valence-corrected chi connectivity index (χ0v) is 17.8. The number of hydrogen-bond acceptors (Lipinski definition) is 4. The summed E-state index contributed by atoms with van der Waals surface area (Å²) in [6, 6.07) is 8.21. The van der Waals surface area contributed by atoms with Gasteiger partial charge in [0.15, 0.2) is 5.82 Å². The molecule has 28 heavy (non-hydrogen) atoms. The number of rotatable bonds is 5. The Morgan fingerprint density at radius 2 is 2.25 bits per heavy atom. The minimum Gasteiger partial charge on any atom is -0.497 e. The maximum Gasteiger partial charge on any atom is 0.260 e.